The second kappa shape index (κ2) is 16.2. The maximum absolute atomic E-state index is 13.5. The Hall–Kier alpha value is -2.77. The molecule has 1 aliphatic rings. The van der Waals surface area contributed by atoms with Gasteiger partial charge >= 0.3 is 0 Å². The Labute approximate surface area is 225 Å². The van der Waals surface area contributed by atoms with Gasteiger partial charge in [-0.2, -0.15) is 0 Å². The molecule has 218 valence electrons. The highest BCUT2D eigenvalue weighted by Gasteiger charge is 2.38. The summed E-state index contributed by atoms with van der Waals surface area (Å²) >= 11 is 0. The van der Waals surface area contributed by atoms with Crippen LogP contribution in [0.3, 0.4) is 0 Å². The first kappa shape index (κ1) is 33.3. The van der Waals surface area contributed by atoms with E-state index >= 15 is 0 Å². The lowest BCUT2D eigenvalue weighted by Crippen LogP contribution is -2.62. The SMILES string of the molecule is CCC1NC(=O)C(CC)NC(=O)C(CCCNC(N)N)NC(=O)C(C)(NC(=O)C(C)C)CCCCNC1=O. The van der Waals surface area contributed by atoms with Crippen molar-refractivity contribution in [3.8, 4) is 0 Å². The highest BCUT2D eigenvalue weighted by atomic mass is 16.2. The number of rotatable bonds is 9. The zero-order valence-corrected chi connectivity index (χ0v) is 23.4. The van der Waals surface area contributed by atoms with E-state index in [4.69, 9.17) is 11.5 Å². The number of amides is 5. The van der Waals surface area contributed by atoms with Crippen LogP contribution in [-0.2, 0) is 24.0 Å². The molecule has 0 aliphatic carbocycles. The van der Waals surface area contributed by atoms with Crippen LogP contribution >= 0.6 is 0 Å². The summed E-state index contributed by atoms with van der Waals surface area (Å²) in [6.07, 6.45) is 2.03. The topological polar surface area (TPSA) is 210 Å². The zero-order valence-electron chi connectivity index (χ0n) is 23.4. The first-order valence-electron chi connectivity index (χ1n) is 13.6. The molecule has 0 aromatic carbocycles. The molecular formula is C25H48N8O5. The fraction of sp³-hybridized carbons (Fsp3) is 0.800. The highest BCUT2D eigenvalue weighted by molar-refractivity contribution is 5.97. The van der Waals surface area contributed by atoms with Crippen molar-refractivity contribution >= 4 is 29.5 Å². The van der Waals surface area contributed by atoms with Crippen LogP contribution in [0.2, 0.25) is 0 Å². The maximum Gasteiger partial charge on any atom is 0.246 e. The largest absolute Gasteiger partial charge is 0.354 e. The van der Waals surface area contributed by atoms with E-state index in [1.807, 2.05) is 0 Å². The molecule has 10 N–H and O–H groups in total. The predicted molar refractivity (Wildman–Crippen MR) is 144 cm³/mol. The minimum absolute atomic E-state index is 0.240. The van der Waals surface area contributed by atoms with Crippen LogP contribution in [-0.4, -0.2) is 72.6 Å². The average Bonchev–Trinajstić information content (AvgIpc) is 2.85. The van der Waals surface area contributed by atoms with Gasteiger partial charge in [-0.15, -0.1) is 0 Å². The first-order valence-corrected chi connectivity index (χ1v) is 13.6. The molecule has 0 bridgehead atoms. The monoisotopic (exact) mass is 540 g/mol. The Kier molecular flexibility index (Phi) is 14.2. The predicted octanol–water partition coefficient (Wildman–Crippen LogP) is -1.34. The summed E-state index contributed by atoms with van der Waals surface area (Å²) in [6.45, 7) is 9.38. The molecule has 0 radical (unpaired) electrons. The van der Waals surface area contributed by atoms with Crippen molar-refractivity contribution in [1.29, 1.82) is 0 Å². The molecule has 1 heterocycles. The normalized spacial score (nSPS) is 26.4. The molecule has 0 saturated carbocycles. The Morgan fingerprint density at radius 1 is 0.947 bits per heavy atom. The van der Waals surface area contributed by atoms with Gasteiger partial charge in [0.1, 0.15) is 30.0 Å². The summed E-state index contributed by atoms with van der Waals surface area (Å²) in [5.41, 5.74) is 9.76. The number of carbonyl (C=O) groups excluding carboxylic acids is 5. The zero-order chi connectivity index (χ0) is 28.9. The molecule has 1 aliphatic heterocycles. The minimum Gasteiger partial charge on any atom is -0.354 e. The molecular weight excluding hydrogens is 492 g/mol. The van der Waals surface area contributed by atoms with Crippen LogP contribution < -0.4 is 43.4 Å². The Morgan fingerprint density at radius 3 is 2.08 bits per heavy atom. The van der Waals surface area contributed by atoms with Gasteiger partial charge in [0.25, 0.3) is 0 Å². The van der Waals surface area contributed by atoms with E-state index < -0.39 is 47.7 Å². The summed E-state index contributed by atoms with van der Waals surface area (Å²) in [5, 5.41) is 16.7. The third-order valence-electron chi connectivity index (χ3n) is 6.58. The van der Waals surface area contributed by atoms with Crippen LogP contribution in [0.25, 0.3) is 0 Å². The minimum atomic E-state index is -1.29. The summed E-state index contributed by atoms with van der Waals surface area (Å²) in [6, 6.07) is -2.62. The molecule has 38 heavy (non-hydrogen) atoms. The number of hydrogen-bond donors (Lipinski definition) is 8. The lowest BCUT2D eigenvalue weighted by molar-refractivity contribution is -0.137. The molecule has 1 rings (SSSR count). The van der Waals surface area contributed by atoms with Gasteiger partial charge < -0.3 is 38.1 Å². The smallest absolute Gasteiger partial charge is 0.246 e. The molecule has 4 atom stereocenters. The first-order chi connectivity index (χ1) is 17.8. The third kappa shape index (κ3) is 10.9. The van der Waals surface area contributed by atoms with Crippen molar-refractivity contribution in [2.75, 3.05) is 13.1 Å². The van der Waals surface area contributed by atoms with Crippen molar-refractivity contribution in [2.45, 2.75) is 110 Å². The van der Waals surface area contributed by atoms with Crippen molar-refractivity contribution < 1.29 is 24.0 Å². The molecule has 0 aromatic rings. The second-order valence-corrected chi connectivity index (χ2v) is 10.3. The van der Waals surface area contributed by atoms with Crippen LogP contribution in [0.15, 0.2) is 0 Å². The van der Waals surface area contributed by atoms with Crippen molar-refractivity contribution in [1.82, 2.24) is 31.9 Å². The molecule has 1 fully saturated rings. The molecule has 4 unspecified atom stereocenters. The van der Waals surface area contributed by atoms with Gasteiger partial charge in [0, 0.05) is 12.5 Å². The van der Waals surface area contributed by atoms with Crippen LogP contribution in [0, 0.1) is 5.92 Å². The van der Waals surface area contributed by atoms with E-state index in [-0.39, 0.29) is 30.6 Å². The second-order valence-electron chi connectivity index (χ2n) is 10.3. The van der Waals surface area contributed by atoms with Gasteiger partial charge in [0.15, 0.2) is 0 Å². The summed E-state index contributed by atoms with van der Waals surface area (Å²) < 4.78 is 0. The summed E-state index contributed by atoms with van der Waals surface area (Å²) in [4.78, 5) is 64.9. The Balaban J connectivity index is 3.28. The van der Waals surface area contributed by atoms with Crippen LogP contribution in [0.4, 0.5) is 0 Å². The van der Waals surface area contributed by atoms with E-state index in [2.05, 4.69) is 31.9 Å². The molecule has 0 spiro atoms. The van der Waals surface area contributed by atoms with Gasteiger partial charge in [-0.3, -0.25) is 29.3 Å². The van der Waals surface area contributed by atoms with E-state index in [9.17, 15) is 24.0 Å². The molecule has 1 saturated heterocycles. The van der Waals surface area contributed by atoms with E-state index in [0.29, 0.717) is 45.2 Å². The number of hydrogen-bond acceptors (Lipinski definition) is 8. The fourth-order valence-electron chi connectivity index (χ4n) is 4.00. The fourth-order valence-corrected chi connectivity index (χ4v) is 4.00. The van der Waals surface area contributed by atoms with Gasteiger partial charge in [-0.05, 0) is 58.4 Å². The summed E-state index contributed by atoms with van der Waals surface area (Å²) in [7, 11) is 0. The lowest BCUT2D eigenvalue weighted by Gasteiger charge is -2.33. The van der Waals surface area contributed by atoms with E-state index in [1.54, 1.807) is 34.6 Å². The van der Waals surface area contributed by atoms with Gasteiger partial charge in [-0.1, -0.05) is 27.7 Å². The van der Waals surface area contributed by atoms with E-state index in [0.717, 1.165) is 0 Å². The van der Waals surface area contributed by atoms with Crippen molar-refractivity contribution in [3.05, 3.63) is 0 Å². The van der Waals surface area contributed by atoms with Gasteiger partial charge in [0.2, 0.25) is 29.5 Å². The molecule has 13 heteroatoms. The summed E-state index contributed by atoms with van der Waals surface area (Å²) in [5.74, 6) is -2.48. The van der Waals surface area contributed by atoms with Gasteiger partial charge in [-0.25, -0.2) is 0 Å². The molecule has 13 nitrogen and oxygen atoms in total. The Morgan fingerprint density at radius 2 is 1.53 bits per heavy atom. The third-order valence-corrected chi connectivity index (χ3v) is 6.58. The molecule has 5 amide bonds. The standard InChI is InChI=1S/C25H48N8O5/c1-6-16-20(35)28-13-9-8-12-25(5,33-19(34)15(3)4)23(38)32-18(11-10-14-29-24(26)27)22(37)31-17(7-2)21(36)30-16/h15-18,24,29H,6-14,26-27H2,1-5H3,(H,28,35)(H,30,36)(H,31,37)(H,32,38)(H,33,34). The Bertz CT molecular complexity index is 822. The van der Waals surface area contributed by atoms with Crippen molar-refractivity contribution in [3.63, 3.8) is 0 Å². The van der Waals surface area contributed by atoms with Crippen LogP contribution in [0.5, 0.6) is 0 Å². The average molecular weight is 541 g/mol. The van der Waals surface area contributed by atoms with Crippen molar-refractivity contribution in [2.24, 2.45) is 17.4 Å². The number of nitrogens with one attached hydrogen (secondary N) is 6. The lowest BCUT2D eigenvalue weighted by atomic mass is 9.91. The van der Waals surface area contributed by atoms with Crippen LogP contribution in [0.1, 0.15) is 79.6 Å². The van der Waals surface area contributed by atoms with Gasteiger partial charge in [0.05, 0.1) is 0 Å². The quantitative estimate of drug-likeness (QED) is 0.129. The molecule has 0 aromatic heterocycles. The highest BCUT2D eigenvalue weighted by Crippen LogP contribution is 2.17. The number of carbonyl (C=O) groups is 5. The van der Waals surface area contributed by atoms with E-state index in [1.165, 1.54) is 0 Å². The number of nitrogens with two attached hydrogens (primary N) is 2. The maximum atomic E-state index is 13.5.